The minimum atomic E-state index is -0.465. The van der Waals surface area contributed by atoms with Gasteiger partial charge >= 0.3 is 0 Å². The highest BCUT2D eigenvalue weighted by Gasteiger charge is 2.36. The molecule has 1 aliphatic rings. The molecule has 0 spiro atoms. The fraction of sp³-hybridized carbons (Fsp3) is 0.882. The first-order valence-electron chi connectivity index (χ1n) is 8.70. The molecule has 2 atom stereocenters. The first kappa shape index (κ1) is 22.2. The SMILES string of the molecule is CCC(CC)(CN)C(=O)NC1CCCC(C(=O)NC(C)C)C1.Cl. The summed E-state index contributed by atoms with van der Waals surface area (Å²) < 4.78 is 0. The second-order valence-corrected chi connectivity index (χ2v) is 6.89. The Kier molecular flexibility index (Phi) is 9.78. The summed E-state index contributed by atoms with van der Waals surface area (Å²) in [6, 6.07) is 0.251. The summed E-state index contributed by atoms with van der Waals surface area (Å²) in [5.74, 6) is 0.178. The first-order chi connectivity index (χ1) is 10.4. The molecule has 2 amide bonds. The summed E-state index contributed by atoms with van der Waals surface area (Å²) in [6.07, 6.45) is 5.07. The van der Waals surface area contributed by atoms with Crippen molar-refractivity contribution in [3.8, 4) is 0 Å². The fourth-order valence-corrected chi connectivity index (χ4v) is 3.25. The Morgan fingerprint density at radius 3 is 2.30 bits per heavy atom. The minimum absolute atomic E-state index is 0. The first-order valence-corrected chi connectivity index (χ1v) is 8.70. The maximum Gasteiger partial charge on any atom is 0.227 e. The lowest BCUT2D eigenvalue weighted by atomic mass is 9.80. The normalized spacial score (nSPS) is 21.5. The van der Waals surface area contributed by atoms with Crippen LogP contribution in [-0.4, -0.2) is 30.4 Å². The van der Waals surface area contributed by atoms with E-state index in [2.05, 4.69) is 10.6 Å². The predicted octanol–water partition coefficient (Wildman–Crippen LogP) is 2.37. The van der Waals surface area contributed by atoms with E-state index in [1.54, 1.807) is 0 Å². The number of carbonyl (C=O) groups is 2. The Morgan fingerprint density at radius 1 is 1.22 bits per heavy atom. The molecule has 1 aliphatic carbocycles. The van der Waals surface area contributed by atoms with E-state index >= 15 is 0 Å². The van der Waals surface area contributed by atoms with Crippen molar-refractivity contribution in [1.29, 1.82) is 0 Å². The van der Waals surface area contributed by atoms with Crippen molar-refractivity contribution in [1.82, 2.24) is 10.6 Å². The van der Waals surface area contributed by atoms with Gasteiger partial charge in [0.1, 0.15) is 0 Å². The van der Waals surface area contributed by atoms with Crippen LogP contribution in [-0.2, 0) is 9.59 Å². The summed E-state index contributed by atoms with van der Waals surface area (Å²) >= 11 is 0. The molecule has 0 bridgehead atoms. The fourth-order valence-electron chi connectivity index (χ4n) is 3.25. The molecular weight excluding hydrogens is 314 g/mol. The molecule has 23 heavy (non-hydrogen) atoms. The zero-order valence-corrected chi connectivity index (χ0v) is 15.8. The molecule has 0 heterocycles. The number of rotatable bonds is 7. The second-order valence-electron chi connectivity index (χ2n) is 6.89. The molecule has 4 N–H and O–H groups in total. The van der Waals surface area contributed by atoms with Crippen molar-refractivity contribution in [3.63, 3.8) is 0 Å². The quantitative estimate of drug-likeness (QED) is 0.661. The van der Waals surface area contributed by atoms with Gasteiger partial charge in [-0.2, -0.15) is 0 Å². The van der Waals surface area contributed by atoms with Gasteiger partial charge in [-0.15, -0.1) is 12.4 Å². The number of carbonyl (C=O) groups excluding carboxylic acids is 2. The van der Waals surface area contributed by atoms with Crippen molar-refractivity contribution in [3.05, 3.63) is 0 Å². The molecule has 0 saturated heterocycles. The summed E-state index contributed by atoms with van der Waals surface area (Å²) in [6.45, 7) is 8.33. The molecule has 0 aromatic heterocycles. The third kappa shape index (κ3) is 5.96. The Labute approximate surface area is 146 Å². The molecule has 1 fully saturated rings. The third-order valence-corrected chi connectivity index (χ3v) is 5.04. The van der Waals surface area contributed by atoms with E-state index in [1.165, 1.54) is 0 Å². The predicted molar refractivity (Wildman–Crippen MR) is 96.5 cm³/mol. The summed E-state index contributed by atoms with van der Waals surface area (Å²) in [5.41, 5.74) is 5.38. The molecule has 0 aromatic rings. The van der Waals surface area contributed by atoms with Gasteiger partial charge in [0.2, 0.25) is 11.8 Å². The number of halogens is 1. The van der Waals surface area contributed by atoms with Crippen LogP contribution in [0.5, 0.6) is 0 Å². The maximum absolute atomic E-state index is 12.6. The lowest BCUT2D eigenvalue weighted by Crippen LogP contribution is -2.50. The van der Waals surface area contributed by atoms with Crippen LogP contribution in [0.25, 0.3) is 0 Å². The molecule has 0 aliphatic heterocycles. The van der Waals surface area contributed by atoms with E-state index in [0.717, 1.165) is 38.5 Å². The van der Waals surface area contributed by atoms with Gasteiger partial charge in [-0.25, -0.2) is 0 Å². The average Bonchev–Trinajstić information content (AvgIpc) is 2.49. The number of amides is 2. The topological polar surface area (TPSA) is 84.2 Å². The van der Waals surface area contributed by atoms with E-state index in [1.807, 2.05) is 27.7 Å². The standard InChI is InChI=1S/C17H33N3O2.ClH/c1-5-17(6-2,11-18)16(22)20-14-9-7-8-13(10-14)15(21)19-12(3)4;/h12-14H,5-11,18H2,1-4H3,(H,19,21)(H,20,22);1H. The van der Waals surface area contributed by atoms with Gasteiger partial charge < -0.3 is 16.4 Å². The largest absolute Gasteiger partial charge is 0.354 e. The molecule has 1 rings (SSSR count). The molecule has 0 aromatic carbocycles. The van der Waals surface area contributed by atoms with Crippen LogP contribution in [0.2, 0.25) is 0 Å². The summed E-state index contributed by atoms with van der Waals surface area (Å²) in [4.78, 5) is 24.8. The van der Waals surface area contributed by atoms with E-state index in [4.69, 9.17) is 5.73 Å². The minimum Gasteiger partial charge on any atom is -0.354 e. The van der Waals surface area contributed by atoms with Gasteiger partial charge in [-0.05, 0) is 46.0 Å². The molecule has 1 saturated carbocycles. The summed E-state index contributed by atoms with van der Waals surface area (Å²) in [7, 11) is 0. The van der Waals surface area contributed by atoms with Gasteiger partial charge in [0.15, 0.2) is 0 Å². The molecule has 0 radical (unpaired) electrons. The van der Waals surface area contributed by atoms with Crippen LogP contribution in [0.1, 0.15) is 66.2 Å². The Bertz CT molecular complexity index is 376. The second kappa shape index (κ2) is 10.1. The highest BCUT2D eigenvalue weighted by Crippen LogP contribution is 2.28. The van der Waals surface area contributed by atoms with E-state index in [-0.39, 0.29) is 42.2 Å². The molecule has 136 valence electrons. The monoisotopic (exact) mass is 347 g/mol. The highest BCUT2D eigenvalue weighted by molar-refractivity contribution is 5.85. The van der Waals surface area contributed by atoms with Gasteiger partial charge in [0, 0.05) is 24.5 Å². The van der Waals surface area contributed by atoms with Crippen LogP contribution in [0, 0.1) is 11.3 Å². The number of hydrogen-bond donors (Lipinski definition) is 3. The lowest BCUT2D eigenvalue weighted by molar-refractivity contribution is -0.133. The Balaban J connectivity index is 0.00000484. The lowest BCUT2D eigenvalue weighted by Gasteiger charge is -2.34. The summed E-state index contributed by atoms with van der Waals surface area (Å²) in [5, 5.41) is 6.13. The van der Waals surface area contributed by atoms with E-state index in [9.17, 15) is 9.59 Å². The van der Waals surface area contributed by atoms with Crippen molar-refractivity contribution >= 4 is 24.2 Å². The number of nitrogens with one attached hydrogen (secondary N) is 2. The molecular formula is C17H34ClN3O2. The van der Waals surface area contributed by atoms with Gasteiger partial charge in [-0.1, -0.05) is 20.3 Å². The molecule has 5 nitrogen and oxygen atoms in total. The Hall–Kier alpha value is -0.810. The highest BCUT2D eigenvalue weighted by atomic mass is 35.5. The van der Waals surface area contributed by atoms with Gasteiger partial charge in [0.25, 0.3) is 0 Å². The zero-order valence-electron chi connectivity index (χ0n) is 15.0. The van der Waals surface area contributed by atoms with Crippen LogP contribution < -0.4 is 16.4 Å². The van der Waals surface area contributed by atoms with Gasteiger partial charge in [-0.3, -0.25) is 9.59 Å². The van der Waals surface area contributed by atoms with Crippen LogP contribution in [0.15, 0.2) is 0 Å². The zero-order chi connectivity index (χ0) is 16.8. The van der Waals surface area contributed by atoms with E-state index < -0.39 is 5.41 Å². The van der Waals surface area contributed by atoms with Crippen molar-refractivity contribution in [2.24, 2.45) is 17.1 Å². The molecule has 6 heteroatoms. The Morgan fingerprint density at radius 2 is 1.83 bits per heavy atom. The maximum atomic E-state index is 12.6. The van der Waals surface area contributed by atoms with Crippen molar-refractivity contribution in [2.75, 3.05) is 6.54 Å². The van der Waals surface area contributed by atoms with Crippen LogP contribution >= 0.6 is 12.4 Å². The third-order valence-electron chi connectivity index (χ3n) is 5.04. The van der Waals surface area contributed by atoms with Crippen molar-refractivity contribution < 1.29 is 9.59 Å². The van der Waals surface area contributed by atoms with Crippen molar-refractivity contribution in [2.45, 2.75) is 78.3 Å². The van der Waals surface area contributed by atoms with Gasteiger partial charge in [0.05, 0.1) is 5.41 Å². The average molecular weight is 348 g/mol. The van der Waals surface area contributed by atoms with Crippen LogP contribution in [0.3, 0.4) is 0 Å². The van der Waals surface area contributed by atoms with E-state index in [0.29, 0.717) is 6.54 Å². The molecule has 2 unspecified atom stereocenters. The number of hydrogen-bond acceptors (Lipinski definition) is 3. The smallest absolute Gasteiger partial charge is 0.227 e. The van der Waals surface area contributed by atoms with Crippen LogP contribution in [0.4, 0.5) is 0 Å². The number of nitrogens with two attached hydrogens (primary N) is 1.